The molecule has 2 nitrogen and oxygen atoms in total. The van der Waals surface area contributed by atoms with Gasteiger partial charge in [-0.2, -0.15) is 0 Å². The van der Waals surface area contributed by atoms with Gasteiger partial charge in [-0.1, -0.05) is 21.9 Å². The van der Waals surface area contributed by atoms with Crippen LogP contribution in [0.5, 0.6) is 5.75 Å². The number of ether oxygens (including phenoxy) is 1. The Balaban J connectivity index is 0.00000124. The van der Waals surface area contributed by atoms with E-state index in [1.54, 1.807) is 0 Å². The predicted molar refractivity (Wildman–Crippen MR) is 399 cm³/mol. The number of terminal acetylenes is 1. The summed E-state index contributed by atoms with van der Waals surface area (Å²) in [5.74, 6) is -1.57. The van der Waals surface area contributed by atoms with Crippen LogP contribution in [0.1, 0.15) is 15.9 Å². The molecule has 2 aromatic rings. The lowest BCUT2D eigenvalue weighted by atomic mass is 10.1. The molecule has 2 rings (SSSR count). The summed E-state index contributed by atoms with van der Waals surface area (Å²) in [6, 6.07) is 4.16. The van der Waals surface area contributed by atoms with E-state index in [1.165, 1.54) is 7.11 Å². The minimum atomic E-state index is -0.932. The third kappa shape index (κ3) is 26.6. The maximum Gasteiger partial charge on any atom is 0.190 e. The lowest BCUT2D eigenvalue weighted by molar-refractivity contribution is 0.111. The van der Waals surface area contributed by atoms with Gasteiger partial charge in [-0.25, -0.2) is 17.6 Å². The Morgan fingerprint density at radius 1 is 0.475 bits per heavy atom. The molecule has 0 fully saturated rings. The number of benzene rings is 2. The molecule has 0 saturated heterocycles. The second-order valence-corrected chi connectivity index (χ2v) is 165. The van der Waals surface area contributed by atoms with Crippen molar-refractivity contribution in [3.63, 3.8) is 0 Å². The zero-order valence-corrected chi connectivity index (χ0v) is 72.0. The van der Waals surface area contributed by atoms with Gasteiger partial charge in [-0.15, -0.1) is 185 Å². The highest BCUT2D eigenvalue weighted by Gasteiger charge is 2.54. The molecule has 0 heterocycles. The van der Waals surface area contributed by atoms with Crippen LogP contribution in [0.4, 0.5) is 17.6 Å². The first kappa shape index (κ1) is 75.0. The van der Waals surface area contributed by atoms with Crippen molar-refractivity contribution in [3.05, 3.63) is 63.1 Å². The number of methoxy groups -OCH3 is 1. The molecule has 0 aliphatic carbocycles. The molecule has 0 spiro atoms. The largest absolute Gasteiger partial charge is 0.491 e. The first-order valence-corrected chi connectivity index (χ1v) is 83.8. The number of carbonyl (C=O) groups excluding carboxylic acids is 1. The third-order valence-corrected chi connectivity index (χ3v) is 261. The Morgan fingerprint density at radius 3 is 0.885 bits per heavy atom. The highest BCUT2D eigenvalue weighted by atomic mass is 79.9. The first-order valence-electron chi connectivity index (χ1n) is 14.5. The fourth-order valence-corrected chi connectivity index (χ4v) is 528. The van der Waals surface area contributed by atoms with Crippen molar-refractivity contribution in [2.24, 2.45) is 0 Å². The van der Waals surface area contributed by atoms with Crippen LogP contribution >= 0.6 is 320 Å². The van der Waals surface area contributed by atoms with Gasteiger partial charge in [-0.3, -0.25) is 4.79 Å². The molecule has 0 radical (unpaired) electrons. The predicted octanol–water partition coefficient (Wildman–Crippen LogP) is 26.5. The van der Waals surface area contributed by atoms with E-state index in [0.717, 1.165) is 24.3 Å². The standard InChI is InChI=1S/C9H4F2O.C7H5BrF2O.H40P38/c1-2-6-3-8(10)7(5-12)9(11)4-6;1-11-7-5(9)2-4(8)3-6(7)10;1-21(2)31(22(3)4)36(32(23(5)6)24(7)8)38(35(29(17)18)30(19)20)37(33(25(9)10)26(11)12)34(27(13)14)28(15)16/h1,3-5H;2-3H,1H3;1-20H2. The molecule has 2 aromatic carbocycles. The van der Waals surface area contributed by atoms with Crippen LogP contribution in [-0.4, -0.2) is 13.4 Å². The molecule has 20 unspecified atom stereocenters. The Bertz CT molecular complexity index is 1500. The fraction of sp³-hybridized carbons (Fsp3) is 0.0625. The van der Waals surface area contributed by atoms with E-state index >= 15 is 0 Å². The van der Waals surface area contributed by atoms with Gasteiger partial charge < -0.3 is 4.74 Å². The minimum absolute atomic E-state index is 0.0326. The average molecular weight is 1610 g/mol. The van der Waals surface area contributed by atoms with Crippen molar-refractivity contribution < 1.29 is 27.1 Å². The van der Waals surface area contributed by atoms with Crippen LogP contribution in [0.3, 0.4) is 0 Å². The van der Waals surface area contributed by atoms with E-state index < -0.39 is 28.8 Å². The summed E-state index contributed by atoms with van der Waals surface area (Å²) < 4.78 is 55.7. The average Bonchev–Trinajstić information content (AvgIpc) is 3.08. The smallest absolute Gasteiger partial charge is 0.190 e. The number of aldehydes is 1. The number of halogens is 5. The Labute approximate surface area is 436 Å². The Morgan fingerprint density at radius 2 is 0.705 bits per heavy atom. The molecular weight excluding hydrogens is 1560 g/mol. The van der Waals surface area contributed by atoms with Gasteiger partial charge in [0, 0.05) is 10.0 Å². The molecule has 61 heavy (non-hydrogen) atoms. The summed E-state index contributed by atoms with van der Waals surface area (Å²) in [4.78, 5) is 10.1. The van der Waals surface area contributed by atoms with Crippen molar-refractivity contribution in [2.75, 3.05) is 7.11 Å². The minimum Gasteiger partial charge on any atom is -0.491 e. The monoisotopic (exact) mass is 1610 g/mol. The number of hydrogen-bond donors (Lipinski definition) is 0. The van der Waals surface area contributed by atoms with Crippen LogP contribution in [0.25, 0.3) is 0 Å². The second kappa shape index (κ2) is 40.2. The van der Waals surface area contributed by atoms with Gasteiger partial charge >= 0.3 is 0 Å². The Hall–Kier alpha value is 14.0. The maximum absolute atomic E-state index is 12.7. The van der Waals surface area contributed by atoms with Crippen molar-refractivity contribution in [3.8, 4) is 18.1 Å². The first-order chi connectivity index (χ1) is 28.0. The van der Waals surface area contributed by atoms with Gasteiger partial charge in [0.05, 0.1) is 12.7 Å². The summed E-state index contributed by atoms with van der Waals surface area (Å²) in [7, 11) is 68.7. The number of carbonyl (C=O) groups is 1. The fourth-order valence-electron chi connectivity index (χ4n) is 3.67. The molecule has 0 aliphatic heterocycles. The Kier molecular flexibility index (Phi) is 49.5. The quantitative estimate of drug-likeness (QED) is 0.0606. The van der Waals surface area contributed by atoms with Crippen molar-refractivity contribution in [1.29, 1.82) is 0 Å². The molecule has 350 valence electrons. The van der Waals surface area contributed by atoms with Gasteiger partial charge in [0.1, 0.15) is 11.6 Å². The summed E-state index contributed by atoms with van der Waals surface area (Å²) >= 11 is 2.94. The molecule has 0 aliphatic rings. The third-order valence-electron chi connectivity index (χ3n) is 5.72. The summed E-state index contributed by atoms with van der Waals surface area (Å²) in [5, 5.41) is 0. The molecule has 0 bridgehead atoms. The summed E-state index contributed by atoms with van der Waals surface area (Å²) in [6.45, 7) is -1.45. The van der Waals surface area contributed by atoms with E-state index in [-0.39, 0.29) is 143 Å². The summed E-state index contributed by atoms with van der Waals surface area (Å²) in [6.07, 6.45) is 5.02. The normalized spacial score (nSPS) is 12.5. The van der Waals surface area contributed by atoms with Crippen molar-refractivity contribution in [1.82, 2.24) is 0 Å². The summed E-state index contributed by atoms with van der Waals surface area (Å²) in [5.41, 5.74) is -0.510. The SMILES string of the molecule is C#Cc1cc(F)c(C=O)c(F)c1.COc1c(F)cc(Br)cc1F.PP(P)P(P(P)P)P(P(P(P)P)P(P)P)P(P(P(P)P)P(P)P)P(P(P(P)P)P(P)P)P(P(P)P)P(P)P. The lowest BCUT2D eigenvalue weighted by Gasteiger charge is -2.55. The highest BCUT2D eigenvalue weighted by molar-refractivity contribution is 9.48. The molecule has 0 N–H and O–H groups in total. The van der Waals surface area contributed by atoms with Crippen molar-refractivity contribution >= 4 is 327 Å². The van der Waals surface area contributed by atoms with Crippen LogP contribution in [-0.2, 0) is 0 Å². The van der Waals surface area contributed by atoms with Gasteiger partial charge in [0.2, 0.25) is 0 Å². The van der Waals surface area contributed by atoms with Crippen LogP contribution in [0.2, 0.25) is 0 Å². The van der Waals surface area contributed by atoms with Crippen molar-refractivity contribution in [2.45, 2.75) is 0 Å². The van der Waals surface area contributed by atoms with E-state index in [4.69, 9.17) is 6.42 Å². The number of rotatable bonds is 19. The van der Waals surface area contributed by atoms with Gasteiger partial charge in [-0.05, 0) is 150 Å². The van der Waals surface area contributed by atoms with E-state index in [9.17, 15) is 22.4 Å². The van der Waals surface area contributed by atoms with Crippen LogP contribution in [0, 0.1) is 35.6 Å². The zero-order valence-electron chi connectivity index (χ0n) is 31.3. The van der Waals surface area contributed by atoms with Gasteiger partial charge in [0.25, 0.3) is 0 Å². The topological polar surface area (TPSA) is 26.3 Å². The molecular formula is C16H49BrF4O2P38. The number of hydrogen-bond acceptors (Lipinski definition) is 2. The molecule has 0 amide bonds. The van der Waals surface area contributed by atoms with Gasteiger partial charge in [0.15, 0.2) is 23.7 Å². The van der Waals surface area contributed by atoms with E-state index in [2.05, 4.69) is 205 Å². The second-order valence-electron chi connectivity index (χ2n) is 9.97. The molecule has 0 aromatic heterocycles. The highest BCUT2D eigenvalue weighted by Crippen LogP contribution is 3.42. The lowest BCUT2D eigenvalue weighted by Crippen LogP contribution is -1.94. The van der Waals surface area contributed by atoms with Crippen LogP contribution in [0.15, 0.2) is 28.7 Å². The van der Waals surface area contributed by atoms with E-state index in [1.807, 2.05) is 0 Å². The zero-order chi connectivity index (χ0) is 48.0. The van der Waals surface area contributed by atoms with E-state index in [0.29, 0.717) is 4.47 Å². The molecule has 0 saturated carbocycles. The molecule has 45 heteroatoms. The van der Waals surface area contributed by atoms with Crippen LogP contribution < -0.4 is 4.74 Å². The maximum atomic E-state index is 12.7. The molecule has 20 atom stereocenters.